The van der Waals surface area contributed by atoms with Gasteiger partial charge in [-0.3, -0.25) is 14.9 Å². The monoisotopic (exact) mass is 205 g/mol. The van der Waals surface area contributed by atoms with Gasteiger partial charge in [0.25, 0.3) is 0 Å². The topological polar surface area (TPSA) is 58.6 Å². The van der Waals surface area contributed by atoms with E-state index in [4.69, 9.17) is 0 Å². The lowest BCUT2D eigenvalue weighted by atomic mass is 10.2. The number of pyridine rings is 1. The average Bonchev–Trinajstić information content (AvgIpc) is 2.60. The van der Waals surface area contributed by atoms with Crippen molar-refractivity contribution in [1.82, 2.24) is 15.2 Å². The Hall–Kier alpha value is -2.04. The smallest absolute Gasteiger partial charge is 0.234 e. The van der Waals surface area contributed by atoms with Crippen molar-refractivity contribution in [3.8, 4) is 0 Å². The summed E-state index contributed by atoms with van der Waals surface area (Å²) >= 11 is 0. The summed E-state index contributed by atoms with van der Waals surface area (Å²) in [5.41, 5.74) is 0.211. The van der Waals surface area contributed by atoms with Crippen molar-refractivity contribution in [1.29, 1.82) is 0 Å². The van der Waals surface area contributed by atoms with Crippen molar-refractivity contribution in [2.24, 2.45) is 0 Å². The Balaban J connectivity index is 2.42. The molecule has 0 unspecified atom stereocenters. The van der Waals surface area contributed by atoms with Gasteiger partial charge in [0.1, 0.15) is 5.69 Å². The van der Waals surface area contributed by atoms with Crippen molar-refractivity contribution in [3.63, 3.8) is 0 Å². The standard InChI is InChI=1S/C10H8FN3O/c1-6-8(11)9(14-13-6)10(15)7-4-2-3-5-12-7/h2-5H,1H3,(H,13,14). The van der Waals surface area contributed by atoms with E-state index in [9.17, 15) is 9.18 Å². The van der Waals surface area contributed by atoms with Crippen LogP contribution in [0.4, 0.5) is 4.39 Å². The molecule has 0 aliphatic carbocycles. The van der Waals surface area contributed by atoms with E-state index in [0.29, 0.717) is 0 Å². The van der Waals surface area contributed by atoms with E-state index in [1.165, 1.54) is 19.2 Å². The number of carbonyl (C=O) groups excluding carboxylic acids is 1. The van der Waals surface area contributed by atoms with E-state index in [1.54, 1.807) is 12.1 Å². The SMILES string of the molecule is Cc1[nH]nc(C(=O)c2ccccn2)c1F. The number of carbonyl (C=O) groups is 1. The van der Waals surface area contributed by atoms with Crippen LogP contribution in [0.2, 0.25) is 0 Å². The number of hydrogen-bond acceptors (Lipinski definition) is 3. The summed E-state index contributed by atoms with van der Waals surface area (Å²) in [4.78, 5) is 15.5. The number of aromatic amines is 1. The Morgan fingerprint density at radius 2 is 2.27 bits per heavy atom. The number of nitrogens with one attached hydrogen (secondary N) is 1. The molecule has 0 aliphatic heterocycles. The number of aryl methyl sites for hydroxylation is 1. The average molecular weight is 205 g/mol. The molecule has 0 aromatic carbocycles. The number of aromatic nitrogens is 3. The normalized spacial score (nSPS) is 10.3. The molecular weight excluding hydrogens is 197 g/mol. The lowest BCUT2D eigenvalue weighted by Gasteiger charge is -1.95. The fourth-order valence-electron chi connectivity index (χ4n) is 1.18. The maximum absolute atomic E-state index is 13.4. The van der Waals surface area contributed by atoms with E-state index < -0.39 is 11.6 Å². The van der Waals surface area contributed by atoms with Gasteiger partial charge in [0, 0.05) is 6.20 Å². The largest absolute Gasteiger partial charge is 0.285 e. The molecule has 76 valence electrons. The molecular formula is C10H8FN3O. The second-order valence-electron chi connectivity index (χ2n) is 3.06. The molecule has 0 saturated heterocycles. The molecule has 5 heteroatoms. The second kappa shape index (κ2) is 3.61. The van der Waals surface area contributed by atoms with Crippen molar-refractivity contribution < 1.29 is 9.18 Å². The summed E-state index contributed by atoms with van der Waals surface area (Å²) in [7, 11) is 0. The van der Waals surface area contributed by atoms with Gasteiger partial charge in [0.2, 0.25) is 5.78 Å². The molecule has 15 heavy (non-hydrogen) atoms. The highest BCUT2D eigenvalue weighted by molar-refractivity contribution is 6.06. The number of ketones is 1. The molecule has 0 atom stereocenters. The third kappa shape index (κ3) is 1.63. The van der Waals surface area contributed by atoms with Crippen LogP contribution >= 0.6 is 0 Å². The summed E-state index contributed by atoms with van der Waals surface area (Å²) < 4.78 is 13.4. The van der Waals surface area contributed by atoms with Gasteiger partial charge in [-0.05, 0) is 19.1 Å². The number of nitrogens with zero attached hydrogens (tertiary/aromatic N) is 2. The van der Waals surface area contributed by atoms with Gasteiger partial charge >= 0.3 is 0 Å². The summed E-state index contributed by atoms with van der Waals surface area (Å²) in [6, 6.07) is 4.87. The van der Waals surface area contributed by atoms with Gasteiger partial charge in [-0.25, -0.2) is 4.39 Å². The van der Waals surface area contributed by atoms with Gasteiger partial charge < -0.3 is 0 Å². The van der Waals surface area contributed by atoms with E-state index >= 15 is 0 Å². The third-order valence-electron chi connectivity index (χ3n) is 1.99. The van der Waals surface area contributed by atoms with Crippen LogP contribution in [0.1, 0.15) is 21.9 Å². The third-order valence-corrected chi connectivity index (χ3v) is 1.99. The van der Waals surface area contributed by atoms with Crippen LogP contribution in [0.15, 0.2) is 24.4 Å². The van der Waals surface area contributed by atoms with Crippen LogP contribution in [0.3, 0.4) is 0 Å². The predicted octanol–water partition coefficient (Wildman–Crippen LogP) is 1.48. The predicted molar refractivity (Wildman–Crippen MR) is 51.0 cm³/mol. The Labute approximate surface area is 85.2 Å². The zero-order valence-electron chi connectivity index (χ0n) is 7.99. The molecule has 0 radical (unpaired) electrons. The molecule has 0 spiro atoms. The number of halogens is 1. The Bertz CT molecular complexity index is 493. The molecule has 2 rings (SSSR count). The summed E-state index contributed by atoms with van der Waals surface area (Å²) in [5, 5.41) is 6.02. The first kappa shape index (κ1) is 9.51. The molecule has 4 nitrogen and oxygen atoms in total. The molecule has 0 fully saturated rings. The highest BCUT2D eigenvalue weighted by atomic mass is 19.1. The van der Waals surface area contributed by atoms with Gasteiger partial charge in [0.05, 0.1) is 5.69 Å². The number of hydrogen-bond donors (Lipinski definition) is 1. The Morgan fingerprint density at radius 3 is 2.80 bits per heavy atom. The maximum atomic E-state index is 13.4. The van der Waals surface area contributed by atoms with E-state index in [0.717, 1.165) is 0 Å². The van der Waals surface area contributed by atoms with Crippen LogP contribution in [0.25, 0.3) is 0 Å². The molecule has 1 N–H and O–H groups in total. The molecule has 0 bridgehead atoms. The molecule has 2 heterocycles. The molecule has 0 aliphatic rings. The first-order valence-corrected chi connectivity index (χ1v) is 4.36. The van der Waals surface area contributed by atoms with Crippen LogP contribution in [-0.4, -0.2) is 21.0 Å². The summed E-state index contributed by atoms with van der Waals surface area (Å²) in [6.07, 6.45) is 1.48. The Kier molecular flexibility index (Phi) is 2.29. The molecule has 0 saturated carbocycles. The van der Waals surface area contributed by atoms with Gasteiger partial charge in [-0.2, -0.15) is 5.10 Å². The minimum Gasteiger partial charge on any atom is -0.285 e. The zero-order chi connectivity index (χ0) is 10.8. The van der Waals surface area contributed by atoms with Gasteiger partial charge in [-0.15, -0.1) is 0 Å². The summed E-state index contributed by atoms with van der Waals surface area (Å²) in [5.74, 6) is -1.14. The van der Waals surface area contributed by atoms with Crippen molar-refractivity contribution in [2.45, 2.75) is 6.92 Å². The van der Waals surface area contributed by atoms with Crippen molar-refractivity contribution in [3.05, 3.63) is 47.3 Å². The minimum absolute atomic E-state index is 0.183. The lowest BCUT2D eigenvalue weighted by Crippen LogP contribution is -2.06. The van der Waals surface area contributed by atoms with Crippen molar-refractivity contribution >= 4 is 5.78 Å². The number of H-pyrrole nitrogens is 1. The van der Waals surface area contributed by atoms with E-state index in [1.807, 2.05) is 0 Å². The quantitative estimate of drug-likeness (QED) is 0.755. The minimum atomic E-state index is -0.620. The van der Waals surface area contributed by atoms with Gasteiger partial charge in [0.15, 0.2) is 11.5 Å². The fourth-order valence-corrected chi connectivity index (χ4v) is 1.18. The highest BCUT2D eigenvalue weighted by Gasteiger charge is 2.19. The van der Waals surface area contributed by atoms with Crippen LogP contribution in [-0.2, 0) is 0 Å². The second-order valence-corrected chi connectivity index (χ2v) is 3.06. The zero-order valence-corrected chi connectivity index (χ0v) is 7.99. The highest BCUT2D eigenvalue weighted by Crippen LogP contribution is 2.11. The van der Waals surface area contributed by atoms with Gasteiger partial charge in [-0.1, -0.05) is 6.07 Å². The van der Waals surface area contributed by atoms with Crippen LogP contribution in [0, 0.1) is 12.7 Å². The van der Waals surface area contributed by atoms with E-state index in [-0.39, 0.29) is 17.1 Å². The first-order valence-electron chi connectivity index (χ1n) is 4.36. The van der Waals surface area contributed by atoms with E-state index in [2.05, 4.69) is 15.2 Å². The summed E-state index contributed by atoms with van der Waals surface area (Å²) in [6.45, 7) is 1.51. The van der Waals surface area contributed by atoms with Crippen LogP contribution in [0.5, 0.6) is 0 Å². The van der Waals surface area contributed by atoms with Crippen molar-refractivity contribution in [2.75, 3.05) is 0 Å². The number of rotatable bonds is 2. The van der Waals surface area contributed by atoms with Crippen LogP contribution < -0.4 is 0 Å². The lowest BCUT2D eigenvalue weighted by molar-refractivity contribution is 0.102. The molecule has 2 aromatic heterocycles. The first-order chi connectivity index (χ1) is 7.20. The molecule has 2 aromatic rings. The Morgan fingerprint density at radius 1 is 1.47 bits per heavy atom. The molecule has 0 amide bonds. The fraction of sp³-hybridized carbons (Fsp3) is 0.100. The maximum Gasteiger partial charge on any atom is 0.234 e.